The molecular formula is C11H16O4. The van der Waals surface area contributed by atoms with Crippen molar-refractivity contribution in [3.8, 4) is 0 Å². The number of rotatable bonds is 7. The number of esters is 1. The molecule has 0 rings (SSSR count). The van der Waals surface area contributed by atoms with Gasteiger partial charge >= 0.3 is 5.97 Å². The fourth-order valence-corrected chi connectivity index (χ4v) is 0.906. The first-order valence-electron chi connectivity index (χ1n) is 4.85. The molecule has 0 aliphatic rings. The lowest BCUT2D eigenvalue weighted by Gasteiger charge is -1.95. The Hall–Kier alpha value is -1.45. The second-order valence-electron chi connectivity index (χ2n) is 3.33. The number of ketones is 2. The minimum Gasteiger partial charge on any atom is -0.435 e. The maximum absolute atomic E-state index is 10.8. The second kappa shape index (κ2) is 7.91. The molecule has 0 aromatic carbocycles. The quantitative estimate of drug-likeness (QED) is 0.279. The van der Waals surface area contributed by atoms with E-state index in [1.165, 1.54) is 20.1 Å². The largest absolute Gasteiger partial charge is 0.435 e. The van der Waals surface area contributed by atoms with Crippen molar-refractivity contribution in [1.82, 2.24) is 0 Å². The maximum atomic E-state index is 10.8. The van der Waals surface area contributed by atoms with E-state index in [1.807, 2.05) is 0 Å². The maximum Gasteiger partial charge on any atom is 0.318 e. The van der Waals surface area contributed by atoms with Gasteiger partial charge in [-0.2, -0.15) is 0 Å². The third kappa shape index (κ3) is 10.5. The third-order valence-corrected chi connectivity index (χ3v) is 1.59. The van der Waals surface area contributed by atoms with Crippen molar-refractivity contribution in [2.45, 2.75) is 39.5 Å². The number of hydrogen-bond donors (Lipinski definition) is 0. The Morgan fingerprint density at radius 3 is 2.33 bits per heavy atom. The lowest BCUT2D eigenvalue weighted by atomic mass is 10.2. The summed E-state index contributed by atoms with van der Waals surface area (Å²) in [5, 5.41) is 0. The Balaban J connectivity index is 3.49. The van der Waals surface area contributed by atoms with Crippen molar-refractivity contribution in [2.24, 2.45) is 0 Å². The van der Waals surface area contributed by atoms with E-state index >= 15 is 0 Å². The van der Waals surface area contributed by atoms with Gasteiger partial charge in [0.2, 0.25) is 0 Å². The lowest BCUT2D eigenvalue weighted by molar-refractivity contribution is -0.140. The molecule has 0 aromatic heterocycles. The van der Waals surface area contributed by atoms with Gasteiger partial charge in [0.1, 0.15) is 18.0 Å². The Morgan fingerprint density at radius 1 is 1.13 bits per heavy atom. The molecular weight excluding hydrogens is 196 g/mol. The highest BCUT2D eigenvalue weighted by molar-refractivity contribution is 5.94. The molecule has 0 bridgehead atoms. The molecule has 0 heterocycles. The van der Waals surface area contributed by atoms with Gasteiger partial charge in [-0.15, -0.1) is 0 Å². The van der Waals surface area contributed by atoms with E-state index in [-0.39, 0.29) is 18.0 Å². The molecule has 0 fully saturated rings. The molecule has 4 nitrogen and oxygen atoms in total. The van der Waals surface area contributed by atoms with Crippen molar-refractivity contribution in [3.63, 3.8) is 0 Å². The highest BCUT2D eigenvalue weighted by Gasteiger charge is 2.03. The van der Waals surface area contributed by atoms with Crippen molar-refractivity contribution in [3.05, 3.63) is 12.3 Å². The summed E-state index contributed by atoms with van der Waals surface area (Å²) in [4.78, 5) is 31.9. The zero-order valence-electron chi connectivity index (χ0n) is 9.12. The molecule has 0 saturated carbocycles. The van der Waals surface area contributed by atoms with Gasteiger partial charge in [-0.05, 0) is 32.8 Å². The van der Waals surface area contributed by atoms with Crippen molar-refractivity contribution in [1.29, 1.82) is 0 Å². The van der Waals surface area contributed by atoms with Gasteiger partial charge in [-0.3, -0.25) is 9.59 Å². The van der Waals surface area contributed by atoms with Crippen LogP contribution in [0.5, 0.6) is 0 Å². The number of allylic oxidation sites excluding steroid dienone is 1. The van der Waals surface area contributed by atoms with Crippen LogP contribution >= 0.6 is 0 Å². The summed E-state index contributed by atoms with van der Waals surface area (Å²) in [6, 6.07) is 0. The topological polar surface area (TPSA) is 60.4 Å². The molecule has 0 aliphatic heterocycles. The monoisotopic (exact) mass is 212 g/mol. The average Bonchev–Trinajstić information content (AvgIpc) is 2.09. The summed E-state index contributed by atoms with van der Waals surface area (Å²) < 4.78 is 4.63. The average molecular weight is 212 g/mol. The molecule has 0 saturated heterocycles. The highest BCUT2D eigenvalue weighted by atomic mass is 16.5. The van der Waals surface area contributed by atoms with Crippen LogP contribution in [0.1, 0.15) is 39.5 Å². The van der Waals surface area contributed by atoms with Crippen molar-refractivity contribution < 1.29 is 19.1 Å². The van der Waals surface area contributed by atoms with Gasteiger partial charge in [0.15, 0.2) is 0 Å². The van der Waals surface area contributed by atoms with E-state index in [2.05, 4.69) is 4.74 Å². The molecule has 0 radical (unpaired) electrons. The zero-order valence-corrected chi connectivity index (χ0v) is 9.12. The molecule has 0 aromatic rings. The summed E-state index contributed by atoms with van der Waals surface area (Å²) >= 11 is 0. The van der Waals surface area contributed by atoms with Crippen molar-refractivity contribution >= 4 is 17.5 Å². The van der Waals surface area contributed by atoms with Gasteiger partial charge in [0.05, 0.1) is 6.26 Å². The molecule has 15 heavy (non-hydrogen) atoms. The summed E-state index contributed by atoms with van der Waals surface area (Å²) in [5.74, 6) is -0.618. The summed E-state index contributed by atoms with van der Waals surface area (Å²) in [6.45, 7) is 2.87. The van der Waals surface area contributed by atoms with Gasteiger partial charge < -0.3 is 9.53 Å². The third-order valence-electron chi connectivity index (χ3n) is 1.59. The predicted molar refractivity (Wildman–Crippen MR) is 55.1 cm³/mol. The van der Waals surface area contributed by atoms with Crippen molar-refractivity contribution in [2.75, 3.05) is 0 Å². The zero-order chi connectivity index (χ0) is 11.7. The molecule has 0 amide bonds. The predicted octanol–water partition coefficient (Wildman–Crippen LogP) is 1.78. The fourth-order valence-electron chi connectivity index (χ4n) is 0.906. The molecule has 4 heteroatoms. The fraction of sp³-hybridized carbons (Fsp3) is 0.545. The van der Waals surface area contributed by atoms with Crippen LogP contribution < -0.4 is 0 Å². The highest BCUT2D eigenvalue weighted by Crippen LogP contribution is 1.98. The first-order chi connectivity index (χ1) is 7.02. The molecule has 0 unspecified atom stereocenters. The van der Waals surface area contributed by atoms with E-state index in [9.17, 15) is 14.4 Å². The van der Waals surface area contributed by atoms with Crippen LogP contribution in [-0.4, -0.2) is 17.5 Å². The Bertz CT molecular complexity index is 266. The molecule has 0 atom stereocenters. The minimum atomic E-state index is -0.551. The normalized spacial score (nSPS) is 10.3. The van der Waals surface area contributed by atoms with Crippen LogP contribution in [0.4, 0.5) is 0 Å². The van der Waals surface area contributed by atoms with E-state index in [0.717, 1.165) is 6.42 Å². The van der Waals surface area contributed by atoms with Gasteiger partial charge in [-0.25, -0.2) is 0 Å². The number of unbranched alkanes of at least 4 members (excludes halogenated alkanes) is 1. The number of carbonyl (C=O) groups is 3. The van der Waals surface area contributed by atoms with Crippen LogP contribution in [0.3, 0.4) is 0 Å². The number of hydrogen-bond acceptors (Lipinski definition) is 4. The molecule has 84 valence electrons. The van der Waals surface area contributed by atoms with Crippen LogP contribution in [0.25, 0.3) is 0 Å². The van der Waals surface area contributed by atoms with Crippen LogP contribution in [-0.2, 0) is 19.1 Å². The Kier molecular flexibility index (Phi) is 7.14. The number of carbonyl (C=O) groups excluding carboxylic acids is 3. The lowest BCUT2D eigenvalue weighted by Crippen LogP contribution is -2.04. The van der Waals surface area contributed by atoms with Gasteiger partial charge in [0.25, 0.3) is 0 Å². The standard InChI is InChI=1S/C11H16O4/c1-9(12)6-4-3-5-7-15-11(14)8-10(2)13/h5,7H,3-4,6,8H2,1-2H3. The van der Waals surface area contributed by atoms with Crippen LogP contribution in [0.15, 0.2) is 12.3 Å². The first kappa shape index (κ1) is 13.5. The SMILES string of the molecule is CC(=O)CCCC=COC(=O)CC(C)=O. The van der Waals surface area contributed by atoms with E-state index < -0.39 is 5.97 Å². The van der Waals surface area contributed by atoms with Crippen LogP contribution in [0.2, 0.25) is 0 Å². The first-order valence-corrected chi connectivity index (χ1v) is 4.85. The van der Waals surface area contributed by atoms with E-state index in [4.69, 9.17) is 0 Å². The van der Waals surface area contributed by atoms with E-state index in [1.54, 1.807) is 6.08 Å². The number of Topliss-reactive ketones (excluding diaryl/α,β-unsaturated/α-hetero) is 2. The molecule has 0 N–H and O–H groups in total. The second-order valence-corrected chi connectivity index (χ2v) is 3.33. The molecule has 0 aliphatic carbocycles. The smallest absolute Gasteiger partial charge is 0.318 e. The molecule has 0 spiro atoms. The van der Waals surface area contributed by atoms with E-state index in [0.29, 0.717) is 12.8 Å². The summed E-state index contributed by atoms with van der Waals surface area (Å²) in [7, 11) is 0. The minimum absolute atomic E-state index is 0.150. The van der Waals surface area contributed by atoms with Crippen LogP contribution in [0, 0.1) is 0 Å². The summed E-state index contributed by atoms with van der Waals surface area (Å²) in [5.41, 5.74) is 0. The Morgan fingerprint density at radius 2 is 1.80 bits per heavy atom. The summed E-state index contributed by atoms with van der Waals surface area (Å²) in [6.07, 6.45) is 4.71. The van der Waals surface area contributed by atoms with Gasteiger partial charge in [-0.1, -0.05) is 0 Å². The van der Waals surface area contributed by atoms with Gasteiger partial charge in [0, 0.05) is 6.42 Å². The Labute approximate surface area is 89.3 Å². The number of ether oxygens (including phenoxy) is 1.